The van der Waals surface area contributed by atoms with E-state index < -0.39 is 0 Å². The first kappa shape index (κ1) is 16.2. The van der Waals surface area contributed by atoms with E-state index in [0.717, 1.165) is 24.1 Å². The number of carbonyl (C=O) groups is 1. The molecule has 1 unspecified atom stereocenters. The number of rotatable bonds is 4. The zero-order chi connectivity index (χ0) is 17.1. The second kappa shape index (κ2) is 6.86. The third kappa shape index (κ3) is 3.04. The average Bonchev–Trinajstić information content (AvgIpc) is 3.10. The molecular weight excluding hydrogens is 306 g/mol. The van der Waals surface area contributed by atoms with Crippen LogP contribution in [0, 0.1) is 6.92 Å². The Labute approximate surface area is 141 Å². The maximum Gasteiger partial charge on any atom is 0.274 e. The minimum absolute atomic E-state index is 0.0143. The first-order valence-electron chi connectivity index (χ1n) is 7.95. The lowest BCUT2D eigenvalue weighted by atomic mass is 10.0. The standard InChI is InChI=1S/C18H21N3O3/c1-12-10-20-14(11-19-12)18(22)21-8-4-5-15(21)13-6-7-16(23-2)17(9-13)24-3/h6-7,9-11,15H,4-5,8H2,1-3H3. The van der Waals surface area contributed by atoms with Gasteiger partial charge in [0.15, 0.2) is 11.5 Å². The molecule has 2 aromatic rings. The van der Waals surface area contributed by atoms with Crippen molar-refractivity contribution in [2.45, 2.75) is 25.8 Å². The zero-order valence-electron chi connectivity index (χ0n) is 14.2. The summed E-state index contributed by atoms with van der Waals surface area (Å²) in [5.74, 6) is 1.27. The Kier molecular flexibility index (Phi) is 4.64. The van der Waals surface area contributed by atoms with Gasteiger partial charge in [0.25, 0.3) is 5.91 Å². The Morgan fingerprint density at radius 2 is 1.96 bits per heavy atom. The van der Waals surface area contributed by atoms with Gasteiger partial charge < -0.3 is 14.4 Å². The molecule has 6 nitrogen and oxygen atoms in total. The van der Waals surface area contributed by atoms with Crippen LogP contribution in [-0.2, 0) is 0 Å². The number of hydrogen-bond acceptors (Lipinski definition) is 5. The van der Waals surface area contributed by atoms with Crippen molar-refractivity contribution in [3.63, 3.8) is 0 Å². The minimum atomic E-state index is -0.0835. The predicted octanol–water partition coefficient (Wildman–Crippen LogP) is 2.78. The molecule has 3 rings (SSSR count). The average molecular weight is 327 g/mol. The number of aryl methyl sites for hydroxylation is 1. The molecule has 0 bridgehead atoms. The number of likely N-dealkylation sites (tertiary alicyclic amines) is 1. The molecule has 0 spiro atoms. The lowest BCUT2D eigenvalue weighted by Gasteiger charge is -2.25. The van der Waals surface area contributed by atoms with E-state index in [0.29, 0.717) is 23.7 Å². The summed E-state index contributed by atoms with van der Waals surface area (Å²) < 4.78 is 10.7. The minimum Gasteiger partial charge on any atom is -0.493 e. The first-order chi connectivity index (χ1) is 11.6. The molecule has 2 heterocycles. The molecule has 0 saturated carbocycles. The maximum atomic E-state index is 12.8. The van der Waals surface area contributed by atoms with Crippen LogP contribution in [0.4, 0.5) is 0 Å². The van der Waals surface area contributed by atoms with Crippen LogP contribution in [0.15, 0.2) is 30.6 Å². The molecule has 1 atom stereocenters. The highest BCUT2D eigenvalue weighted by molar-refractivity contribution is 5.92. The van der Waals surface area contributed by atoms with Crippen LogP contribution >= 0.6 is 0 Å². The third-order valence-corrected chi connectivity index (χ3v) is 4.31. The molecule has 126 valence electrons. The van der Waals surface area contributed by atoms with E-state index in [4.69, 9.17) is 9.47 Å². The highest BCUT2D eigenvalue weighted by Crippen LogP contribution is 2.37. The van der Waals surface area contributed by atoms with Crippen molar-refractivity contribution >= 4 is 5.91 Å². The summed E-state index contributed by atoms with van der Waals surface area (Å²) in [4.78, 5) is 23.0. The lowest BCUT2D eigenvalue weighted by Crippen LogP contribution is -2.31. The Morgan fingerprint density at radius 1 is 1.17 bits per heavy atom. The summed E-state index contributed by atoms with van der Waals surface area (Å²) >= 11 is 0. The molecule has 1 fully saturated rings. The van der Waals surface area contributed by atoms with Crippen LogP contribution in [0.2, 0.25) is 0 Å². The number of carbonyl (C=O) groups excluding carboxylic acids is 1. The Morgan fingerprint density at radius 3 is 2.62 bits per heavy atom. The molecular formula is C18H21N3O3. The quantitative estimate of drug-likeness (QED) is 0.864. The topological polar surface area (TPSA) is 64.5 Å². The number of nitrogens with zero attached hydrogens (tertiary/aromatic N) is 3. The number of benzene rings is 1. The van der Waals surface area contributed by atoms with Gasteiger partial charge >= 0.3 is 0 Å². The Bertz CT molecular complexity index is 731. The van der Waals surface area contributed by atoms with Crippen LogP contribution in [-0.4, -0.2) is 41.5 Å². The fourth-order valence-corrected chi connectivity index (χ4v) is 3.07. The van der Waals surface area contributed by atoms with Crippen molar-refractivity contribution in [1.82, 2.24) is 14.9 Å². The Balaban J connectivity index is 1.87. The largest absolute Gasteiger partial charge is 0.493 e. The molecule has 0 aliphatic carbocycles. The first-order valence-corrected chi connectivity index (χ1v) is 7.95. The third-order valence-electron chi connectivity index (χ3n) is 4.31. The van der Waals surface area contributed by atoms with Crippen molar-refractivity contribution in [2.24, 2.45) is 0 Å². The van der Waals surface area contributed by atoms with E-state index in [-0.39, 0.29) is 11.9 Å². The van der Waals surface area contributed by atoms with Crippen molar-refractivity contribution in [3.05, 3.63) is 47.5 Å². The molecule has 1 saturated heterocycles. The number of hydrogen-bond donors (Lipinski definition) is 0. The molecule has 6 heteroatoms. The summed E-state index contributed by atoms with van der Waals surface area (Å²) in [7, 11) is 3.22. The Hall–Kier alpha value is -2.63. The number of aromatic nitrogens is 2. The lowest BCUT2D eigenvalue weighted by molar-refractivity contribution is 0.0729. The predicted molar refractivity (Wildman–Crippen MR) is 89.3 cm³/mol. The smallest absolute Gasteiger partial charge is 0.274 e. The summed E-state index contributed by atoms with van der Waals surface area (Å²) in [6.45, 7) is 2.57. The van der Waals surface area contributed by atoms with Gasteiger partial charge in [-0.3, -0.25) is 9.78 Å². The van der Waals surface area contributed by atoms with E-state index in [9.17, 15) is 4.79 Å². The summed E-state index contributed by atoms with van der Waals surface area (Å²) in [6, 6.07) is 5.82. The van der Waals surface area contributed by atoms with E-state index in [2.05, 4.69) is 9.97 Å². The van der Waals surface area contributed by atoms with Crippen LogP contribution in [0.1, 0.15) is 40.6 Å². The van der Waals surface area contributed by atoms with Gasteiger partial charge in [0.1, 0.15) is 5.69 Å². The van der Waals surface area contributed by atoms with E-state index in [1.807, 2.05) is 30.0 Å². The molecule has 24 heavy (non-hydrogen) atoms. The number of methoxy groups -OCH3 is 2. The normalized spacial score (nSPS) is 17.0. The summed E-state index contributed by atoms with van der Waals surface area (Å²) in [6.07, 6.45) is 5.04. The molecule has 1 aliphatic rings. The van der Waals surface area contributed by atoms with E-state index in [1.54, 1.807) is 26.6 Å². The maximum absolute atomic E-state index is 12.8. The van der Waals surface area contributed by atoms with Crippen LogP contribution in [0.25, 0.3) is 0 Å². The van der Waals surface area contributed by atoms with Gasteiger partial charge in [-0.1, -0.05) is 6.07 Å². The van der Waals surface area contributed by atoms with Gasteiger partial charge in [-0.15, -0.1) is 0 Å². The fraction of sp³-hybridized carbons (Fsp3) is 0.389. The molecule has 1 aromatic heterocycles. The molecule has 1 amide bonds. The fourth-order valence-electron chi connectivity index (χ4n) is 3.07. The molecule has 1 aliphatic heterocycles. The van der Waals surface area contributed by atoms with Gasteiger partial charge in [0, 0.05) is 12.7 Å². The monoisotopic (exact) mass is 327 g/mol. The van der Waals surface area contributed by atoms with Crippen molar-refractivity contribution < 1.29 is 14.3 Å². The van der Waals surface area contributed by atoms with Gasteiger partial charge in [0.2, 0.25) is 0 Å². The summed E-state index contributed by atoms with van der Waals surface area (Å²) in [5, 5.41) is 0. The number of ether oxygens (including phenoxy) is 2. The second-order valence-corrected chi connectivity index (χ2v) is 5.81. The number of amides is 1. The second-order valence-electron chi connectivity index (χ2n) is 5.81. The summed E-state index contributed by atoms with van der Waals surface area (Å²) in [5.41, 5.74) is 2.22. The molecule has 0 radical (unpaired) electrons. The van der Waals surface area contributed by atoms with Gasteiger partial charge in [-0.2, -0.15) is 0 Å². The molecule has 0 N–H and O–H groups in total. The van der Waals surface area contributed by atoms with Crippen LogP contribution < -0.4 is 9.47 Å². The highest BCUT2D eigenvalue weighted by Gasteiger charge is 2.31. The van der Waals surface area contributed by atoms with Crippen molar-refractivity contribution in [3.8, 4) is 11.5 Å². The van der Waals surface area contributed by atoms with Gasteiger partial charge in [-0.05, 0) is 37.5 Å². The van der Waals surface area contributed by atoms with E-state index in [1.165, 1.54) is 0 Å². The van der Waals surface area contributed by atoms with Crippen molar-refractivity contribution in [1.29, 1.82) is 0 Å². The van der Waals surface area contributed by atoms with E-state index >= 15 is 0 Å². The van der Waals surface area contributed by atoms with Crippen molar-refractivity contribution in [2.75, 3.05) is 20.8 Å². The highest BCUT2D eigenvalue weighted by atomic mass is 16.5. The molecule has 1 aromatic carbocycles. The van der Waals surface area contributed by atoms with Crippen LogP contribution in [0.5, 0.6) is 11.5 Å². The zero-order valence-corrected chi connectivity index (χ0v) is 14.2. The van der Waals surface area contributed by atoms with Gasteiger partial charge in [-0.25, -0.2) is 4.98 Å². The van der Waals surface area contributed by atoms with Crippen LogP contribution in [0.3, 0.4) is 0 Å². The SMILES string of the molecule is COc1ccc(C2CCCN2C(=O)c2cnc(C)cn2)cc1OC. The van der Waals surface area contributed by atoms with Gasteiger partial charge in [0.05, 0.1) is 32.2 Å².